The van der Waals surface area contributed by atoms with E-state index in [9.17, 15) is 15.0 Å². The molecule has 0 aliphatic heterocycles. The zero-order valence-electron chi connectivity index (χ0n) is 23.9. The summed E-state index contributed by atoms with van der Waals surface area (Å²) in [5.41, 5.74) is 0.523. The van der Waals surface area contributed by atoms with Crippen molar-refractivity contribution in [3.8, 4) is 0 Å². The molecule has 0 aromatic carbocycles. The molecular formula is C24H43Na3O4. The Morgan fingerprint density at radius 1 is 0.968 bits per heavy atom. The molecule has 166 valence electrons. The smallest absolute Gasteiger partial charge is 1.00 e. The van der Waals surface area contributed by atoms with Crippen LogP contribution in [0.15, 0.2) is 0 Å². The molecular weight excluding hydrogens is 421 g/mol. The maximum atomic E-state index is 11.2. The minimum Gasteiger partial charge on any atom is -1.00 e. The topological polar surface area (TPSA) is 77.8 Å². The first-order chi connectivity index (χ1) is 13.2. The number of carboxylic acid groups (broad SMARTS) is 1. The number of hydrogen-bond acceptors (Lipinski definition) is 3. The third-order valence-corrected chi connectivity index (χ3v) is 10.2. The van der Waals surface area contributed by atoms with Crippen LogP contribution >= 0.6 is 0 Å². The Bertz CT molecular complexity index is 634. The number of fused-ring (bicyclic) bond motifs is 5. The molecule has 0 radical (unpaired) electrons. The molecule has 4 aliphatic rings. The first-order valence-electron chi connectivity index (χ1n) is 11.7. The first-order valence-corrected chi connectivity index (χ1v) is 11.7. The van der Waals surface area contributed by atoms with E-state index in [4.69, 9.17) is 5.11 Å². The average molecular weight is 465 g/mol. The monoisotopic (exact) mass is 464 g/mol. The van der Waals surface area contributed by atoms with Gasteiger partial charge in [0.1, 0.15) is 0 Å². The van der Waals surface area contributed by atoms with Crippen LogP contribution in [0.2, 0.25) is 0 Å². The number of aliphatic hydroxyl groups excluding tert-OH is 2. The van der Waals surface area contributed by atoms with Gasteiger partial charge in [0, 0.05) is 6.42 Å². The summed E-state index contributed by atoms with van der Waals surface area (Å²) >= 11 is 0. The average Bonchev–Trinajstić information content (AvgIpc) is 2.98. The van der Waals surface area contributed by atoms with Gasteiger partial charge >= 0.3 is 94.6 Å². The van der Waals surface area contributed by atoms with Crippen LogP contribution in [0, 0.1) is 46.3 Å². The third kappa shape index (κ3) is 5.71. The van der Waals surface area contributed by atoms with E-state index in [1.165, 1.54) is 25.7 Å². The molecule has 10 atom stereocenters. The van der Waals surface area contributed by atoms with Gasteiger partial charge in [-0.25, -0.2) is 0 Å². The molecule has 3 N–H and O–H groups in total. The molecule has 4 rings (SSSR count). The largest absolute Gasteiger partial charge is 1.00 e. The molecule has 0 aromatic rings. The quantitative estimate of drug-likeness (QED) is 0.369. The van der Waals surface area contributed by atoms with Crippen molar-refractivity contribution in [2.45, 2.75) is 97.2 Å². The van der Waals surface area contributed by atoms with Crippen molar-refractivity contribution in [1.29, 1.82) is 0 Å². The van der Waals surface area contributed by atoms with Crippen LogP contribution in [0.1, 0.15) is 89.3 Å². The first kappa shape index (κ1) is 31.4. The van der Waals surface area contributed by atoms with Crippen LogP contribution < -0.4 is 88.7 Å². The Morgan fingerprint density at radius 3 is 2.23 bits per heavy atom. The van der Waals surface area contributed by atoms with Gasteiger partial charge in [-0.3, -0.25) is 4.79 Å². The van der Waals surface area contributed by atoms with Gasteiger partial charge in [0.2, 0.25) is 0 Å². The molecule has 0 bridgehead atoms. The van der Waals surface area contributed by atoms with E-state index < -0.39 is 5.97 Å². The van der Waals surface area contributed by atoms with Crippen LogP contribution in [-0.4, -0.2) is 33.5 Å². The SMILES string of the molecule is C[C@H](CCC(=O)O)[C@H]1CC[C@H]2[C@@H]3[C@@H](O)C[C@@H]4C[C@H](O)CC[C@]4(C)[C@H]3CC[C@]12C.[H-].[H-].[H-].[Na+].[Na+].[Na+]. The van der Waals surface area contributed by atoms with Crippen LogP contribution in [0.5, 0.6) is 0 Å². The van der Waals surface area contributed by atoms with Gasteiger partial charge < -0.3 is 19.6 Å². The summed E-state index contributed by atoms with van der Waals surface area (Å²) in [7, 11) is 0. The second-order valence-corrected chi connectivity index (χ2v) is 11.4. The van der Waals surface area contributed by atoms with E-state index in [1.54, 1.807) is 0 Å². The molecule has 4 saturated carbocycles. The molecule has 4 fully saturated rings. The minimum atomic E-state index is -0.684. The van der Waals surface area contributed by atoms with Gasteiger partial charge in [-0.2, -0.15) is 0 Å². The van der Waals surface area contributed by atoms with Crippen molar-refractivity contribution >= 4 is 5.97 Å². The molecule has 0 unspecified atom stereocenters. The molecule has 0 heterocycles. The number of hydrogen-bond donors (Lipinski definition) is 3. The van der Waals surface area contributed by atoms with E-state index in [0.29, 0.717) is 35.5 Å². The molecule has 0 spiro atoms. The van der Waals surface area contributed by atoms with E-state index in [-0.39, 0.29) is 122 Å². The van der Waals surface area contributed by atoms with Crippen LogP contribution in [0.4, 0.5) is 0 Å². The van der Waals surface area contributed by atoms with Gasteiger partial charge in [0.25, 0.3) is 0 Å². The summed E-state index contributed by atoms with van der Waals surface area (Å²) in [6, 6.07) is 0. The fourth-order valence-electron chi connectivity index (χ4n) is 8.73. The Balaban J connectivity index is -0.00000160. The van der Waals surface area contributed by atoms with Gasteiger partial charge in [0.05, 0.1) is 12.2 Å². The van der Waals surface area contributed by atoms with E-state index >= 15 is 0 Å². The Hall–Kier alpha value is 2.39. The molecule has 0 aromatic heterocycles. The summed E-state index contributed by atoms with van der Waals surface area (Å²) in [4.78, 5) is 11.1. The zero-order valence-corrected chi connectivity index (χ0v) is 26.9. The number of carboxylic acids is 1. The third-order valence-electron chi connectivity index (χ3n) is 10.2. The Morgan fingerprint density at radius 2 is 1.58 bits per heavy atom. The second kappa shape index (κ2) is 12.1. The van der Waals surface area contributed by atoms with E-state index in [0.717, 1.165) is 32.1 Å². The number of aliphatic carboxylic acids is 1. The van der Waals surface area contributed by atoms with Crippen molar-refractivity contribution in [2.24, 2.45) is 46.3 Å². The number of rotatable bonds is 4. The zero-order chi connectivity index (χ0) is 20.3. The molecule has 31 heavy (non-hydrogen) atoms. The predicted molar refractivity (Wildman–Crippen MR) is 112 cm³/mol. The summed E-state index contributed by atoms with van der Waals surface area (Å²) in [5.74, 6) is 2.36. The van der Waals surface area contributed by atoms with Gasteiger partial charge in [0.15, 0.2) is 0 Å². The fourth-order valence-corrected chi connectivity index (χ4v) is 8.73. The van der Waals surface area contributed by atoms with E-state index in [2.05, 4.69) is 20.8 Å². The predicted octanol–water partition coefficient (Wildman–Crippen LogP) is -4.17. The maximum Gasteiger partial charge on any atom is 1.00 e. The number of aliphatic hydroxyl groups is 2. The molecule has 7 heteroatoms. The van der Waals surface area contributed by atoms with Crippen molar-refractivity contribution < 1.29 is 113 Å². The minimum absolute atomic E-state index is 0. The molecule has 0 saturated heterocycles. The second-order valence-electron chi connectivity index (χ2n) is 11.4. The summed E-state index contributed by atoms with van der Waals surface area (Å²) < 4.78 is 0. The van der Waals surface area contributed by atoms with Crippen molar-refractivity contribution in [3.63, 3.8) is 0 Å². The summed E-state index contributed by atoms with van der Waals surface area (Å²) in [6.07, 6.45) is 9.19. The summed E-state index contributed by atoms with van der Waals surface area (Å²) in [6.45, 7) is 7.16. The molecule has 4 nitrogen and oxygen atoms in total. The summed E-state index contributed by atoms with van der Waals surface area (Å²) in [5, 5.41) is 30.5. The molecule has 0 amide bonds. The van der Waals surface area contributed by atoms with Gasteiger partial charge in [-0.15, -0.1) is 0 Å². The molecule has 4 aliphatic carbocycles. The number of carbonyl (C=O) groups is 1. The van der Waals surface area contributed by atoms with Gasteiger partial charge in [-0.05, 0) is 104 Å². The van der Waals surface area contributed by atoms with Crippen LogP contribution in [0.25, 0.3) is 0 Å². The van der Waals surface area contributed by atoms with Crippen LogP contribution in [-0.2, 0) is 4.79 Å². The van der Waals surface area contributed by atoms with E-state index in [1.807, 2.05) is 0 Å². The van der Waals surface area contributed by atoms with Crippen LogP contribution in [0.3, 0.4) is 0 Å². The Labute approximate surface area is 259 Å². The fraction of sp³-hybridized carbons (Fsp3) is 0.958. The van der Waals surface area contributed by atoms with Gasteiger partial charge in [-0.1, -0.05) is 20.8 Å². The van der Waals surface area contributed by atoms with Crippen molar-refractivity contribution in [1.82, 2.24) is 0 Å². The van der Waals surface area contributed by atoms with Crippen molar-refractivity contribution in [2.75, 3.05) is 0 Å². The standard InChI is InChI=1S/C24H40O4.3Na.3H/c1-14(4-7-21(27)28)17-5-6-18-22-19(9-11-24(17,18)3)23(2)10-8-16(25)12-15(23)13-20(22)26;;;;;;/h14-20,22,25-26H,4-13H2,1-3H3,(H,27,28);;;;;;/q;3*+1;3*-1/t14-,15+,16-,17-,18+,19+,20+,22+,23+,24-;;;;;;/m1....../s1. The normalized spacial score (nSPS) is 46.7. The van der Waals surface area contributed by atoms with Crippen molar-refractivity contribution in [3.05, 3.63) is 0 Å². The maximum absolute atomic E-state index is 11.2. The Kier molecular flexibility index (Phi) is 12.2.